The summed E-state index contributed by atoms with van der Waals surface area (Å²) in [6.07, 6.45) is 2.59. The van der Waals surface area contributed by atoms with E-state index in [9.17, 15) is 9.59 Å². The van der Waals surface area contributed by atoms with Crippen molar-refractivity contribution in [3.63, 3.8) is 0 Å². The second kappa shape index (κ2) is 6.26. The molecule has 0 saturated carbocycles. The molecule has 2 amide bonds. The molecule has 6 nitrogen and oxygen atoms in total. The van der Waals surface area contributed by atoms with Crippen LogP contribution in [0.3, 0.4) is 0 Å². The molecule has 0 aliphatic carbocycles. The van der Waals surface area contributed by atoms with Crippen LogP contribution in [-0.2, 0) is 19.5 Å². The number of hydroxylamine groups is 1. The van der Waals surface area contributed by atoms with Gasteiger partial charge < -0.3 is 9.47 Å². The van der Waals surface area contributed by atoms with Gasteiger partial charge in [0.25, 0.3) is 11.8 Å². The van der Waals surface area contributed by atoms with Crippen LogP contribution in [-0.4, -0.2) is 33.0 Å². The summed E-state index contributed by atoms with van der Waals surface area (Å²) in [6.45, 7) is 3.74. The Hall–Kier alpha value is -2.60. The van der Waals surface area contributed by atoms with Crippen LogP contribution < -0.4 is 5.48 Å². The zero-order valence-corrected chi connectivity index (χ0v) is 13.0. The minimum absolute atomic E-state index is 0.000842. The van der Waals surface area contributed by atoms with Gasteiger partial charge >= 0.3 is 0 Å². The second-order valence-corrected chi connectivity index (χ2v) is 5.64. The maximum Gasteiger partial charge on any atom is 0.276 e. The molecule has 0 saturated heterocycles. The first kappa shape index (κ1) is 15.3. The number of hydrogen-bond acceptors (Lipinski definition) is 3. The lowest BCUT2D eigenvalue weighted by Crippen LogP contribution is -2.37. The SMILES string of the molecule is CCc1cccc(C(=O)N2CCn3cc(C(=O)NO)cc3C2)c1. The molecular formula is C17H19N3O3. The van der Waals surface area contributed by atoms with Gasteiger partial charge in [0.05, 0.1) is 12.1 Å². The normalized spacial score (nSPS) is 13.6. The number of rotatable bonds is 3. The van der Waals surface area contributed by atoms with Crippen LogP contribution in [0.25, 0.3) is 0 Å². The van der Waals surface area contributed by atoms with E-state index in [1.54, 1.807) is 22.6 Å². The first-order valence-electron chi connectivity index (χ1n) is 7.64. The van der Waals surface area contributed by atoms with E-state index in [4.69, 9.17) is 5.21 Å². The standard InChI is InChI=1S/C17H19N3O3/c1-2-12-4-3-5-13(8-12)17(22)20-7-6-19-10-14(16(21)18-23)9-15(19)11-20/h3-5,8-10,23H,2,6-7,11H2,1H3,(H,18,21). The van der Waals surface area contributed by atoms with Gasteiger partial charge in [-0.1, -0.05) is 19.1 Å². The molecule has 0 atom stereocenters. The molecule has 2 heterocycles. The van der Waals surface area contributed by atoms with Crippen LogP contribution in [0.1, 0.15) is 38.9 Å². The highest BCUT2D eigenvalue weighted by molar-refractivity contribution is 5.95. The van der Waals surface area contributed by atoms with Gasteiger partial charge in [0.2, 0.25) is 0 Å². The van der Waals surface area contributed by atoms with Crippen LogP contribution in [0.4, 0.5) is 0 Å². The Kier molecular flexibility index (Phi) is 4.16. The molecule has 0 unspecified atom stereocenters. The summed E-state index contributed by atoms with van der Waals surface area (Å²) in [5.74, 6) is -0.540. The van der Waals surface area contributed by atoms with Crippen molar-refractivity contribution in [1.29, 1.82) is 0 Å². The average Bonchev–Trinajstić information content (AvgIpc) is 3.03. The second-order valence-electron chi connectivity index (χ2n) is 5.64. The highest BCUT2D eigenvalue weighted by Crippen LogP contribution is 2.19. The molecule has 1 aromatic heterocycles. The molecule has 1 aliphatic rings. The third kappa shape index (κ3) is 2.98. The molecule has 0 spiro atoms. The molecule has 1 aliphatic heterocycles. The molecule has 0 radical (unpaired) electrons. The Bertz CT molecular complexity index is 751. The topological polar surface area (TPSA) is 74.6 Å². The van der Waals surface area contributed by atoms with Gasteiger partial charge in [-0.25, -0.2) is 5.48 Å². The fourth-order valence-corrected chi connectivity index (χ4v) is 2.87. The largest absolute Gasteiger partial charge is 0.347 e. The number of fused-ring (bicyclic) bond motifs is 1. The quantitative estimate of drug-likeness (QED) is 0.670. The van der Waals surface area contributed by atoms with Gasteiger partial charge in [-0.15, -0.1) is 0 Å². The van der Waals surface area contributed by atoms with Crippen LogP contribution in [0.2, 0.25) is 0 Å². The van der Waals surface area contributed by atoms with Crippen molar-refractivity contribution >= 4 is 11.8 Å². The third-order valence-corrected chi connectivity index (χ3v) is 4.18. The number of benzene rings is 1. The van der Waals surface area contributed by atoms with E-state index >= 15 is 0 Å². The van der Waals surface area contributed by atoms with E-state index in [0.717, 1.165) is 17.7 Å². The summed E-state index contributed by atoms with van der Waals surface area (Å²) < 4.78 is 1.94. The number of carbonyl (C=O) groups excluding carboxylic acids is 2. The number of amides is 2. The number of nitrogens with zero attached hydrogens (tertiary/aromatic N) is 2. The van der Waals surface area contributed by atoms with Gasteiger partial charge in [-0.05, 0) is 30.2 Å². The Balaban J connectivity index is 1.79. The highest BCUT2D eigenvalue weighted by Gasteiger charge is 2.23. The molecule has 6 heteroatoms. The van der Waals surface area contributed by atoms with Crippen molar-refractivity contribution in [3.05, 3.63) is 58.9 Å². The smallest absolute Gasteiger partial charge is 0.276 e. The van der Waals surface area contributed by atoms with Gasteiger partial charge in [-0.2, -0.15) is 0 Å². The molecule has 1 aromatic carbocycles. The van der Waals surface area contributed by atoms with E-state index in [0.29, 0.717) is 30.8 Å². The predicted molar refractivity (Wildman–Crippen MR) is 84.2 cm³/mol. The zero-order chi connectivity index (χ0) is 16.4. The maximum atomic E-state index is 12.7. The zero-order valence-electron chi connectivity index (χ0n) is 13.0. The third-order valence-electron chi connectivity index (χ3n) is 4.18. The molecule has 23 heavy (non-hydrogen) atoms. The number of carbonyl (C=O) groups is 2. The Morgan fingerprint density at radius 1 is 1.22 bits per heavy atom. The van der Waals surface area contributed by atoms with Gasteiger partial charge in [0.1, 0.15) is 0 Å². The van der Waals surface area contributed by atoms with Gasteiger partial charge in [0.15, 0.2) is 0 Å². The molecule has 2 aromatic rings. The fraction of sp³-hybridized carbons (Fsp3) is 0.294. The van der Waals surface area contributed by atoms with Crippen LogP contribution in [0.5, 0.6) is 0 Å². The fourth-order valence-electron chi connectivity index (χ4n) is 2.87. The summed E-state index contributed by atoms with van der Waals surface area (Å²) in [5.41, 5.74) is 4.74. The lowest BCUT2D eigenvalue weighted by Gasteiger charge is -2.28. The summed E-state index contributed by atoms with van der Waals surface area (Å²) in [7, 11) is 0. The van der Waals surface area contributed by atoms with E-state index in [-0.39, 0.29) is 5.91 Å². The minimum Gasteiger partial charge on any atom is -0.347 e. The molecule has 3 rings (SSSR count). The number of nitrogens with one attached hydrogen (secondary N) is 1. The van der Waals surface area contributed by atoms with Crippen molar-refractivity contribution in [1.82, 2.24) is 14.9 Å². The van der Waals surface area contributed by atoms with Gasteiger partial charge in [0, 0.05) is 30.5 Å². The van der Waals surface area contributed by atoms with Crippen molar-refractivity contribution in [2.75, 3.05) is 6.54 Å². The molecule has 120 valence electrons. The molecule has 2 N–H and O–H groups in total. The van der Waals surface area contributed by atoms with Crippen molar-refractivity contribution in [3.8, 4) is 0 Å². The Labute approximate surface area is 134 Å². The summed E-state index contributed by atoms with van der Waals surface area (Å²) >= 11 is 0. The predicted octanol–water partition coefficient (Wildman–Crippen LogP) is 1.83. The van der Waals surface area contributed by atoms with Crippen LogP contribution >= 0.6 is 0 Å². The van der Waals surface area contributed by atoms with Gasteiger partial charge in [-0.3, -0.25) is 14.8 Å². The lowest BCUT2D eigenvalue weighted by atomic mass is 10.1. The Morgan fingerprint density at radius 2 is 2.04 bits per heavy atom. The lowest BCUT2D eigenvalue weighted by molar-refractivity contribution is 0.0702. The number of aryl methyl sites for hydroxylation is 1. The van der Waals surface area contributed by atoms with Crippen LogP contribution in [0, 0.1) is 0 Å². The van der Waals surface area contributed by atoms with Crippen molar-refractivity contribution in [2.24, 2.45) is 0 Å². The van der Waals surface area contributed by atoms with Crippen molar-refractivity contribution in [2.45, 2.75) is 26.4 Å². The van der Waals surface area contributed by atoms with Crippen LogP contribution in [0.15, 0.2) is 36.5 Å². The maximum absolute atomic E-state index is 12.7. The average molecular weight is 313 g/mol. The van der Waals surface area contributed by atoms with E-state index in [1.165, 1.54) is 0 Å². The Morgan fingerprint density at radius 3 is 2.78 bits per heavy atom. The summed E-state index contributed by atoms with van der Waals surface area (Å²) in [6, 6.07) is 9.38. The monoisotopic (exact) mass is 313 g/mol. The molecular weight excluding hydrogens is 294 g/mol. The summed E-state index contributed by atoms with van der Waals surface area (Å²) in [5, 5.41) is 8.71. The van der Waals surface area contributed by atoms with E-state index in [1.807, 2.05) is 28.8 Å². The summed E-state index contributed by atoms with van der Waals surface area (Å²) in [4.78, 5) is 25.9. The minimum atomic E-state index is -0.541. The first-order valence-corrected chi connectivity index (χ1v) is 7.64. The van der Waals surface area contributed by atoms with E-state index in [2.05, 4.69) is 6.92 Å². The number of aromatic nitrogens is 1. The first-order chi connectivity index (χ1) is 11.1. The molecule has 0 fully saturated rings. The number of hydrogen-bond donors (Lipinski definition) is 2. The molecule has 0 bridgehead atoms. The van der Waals surface area contributed by atoms with E-state index < -0.39 is 5.91 Å². The van der Waals surface area contributed by atoms with Crippen molar-refractivity contribution < 1.29 is 14.8 Å². The highest BCUT2D eigenvalue weighted by atomic mass is 16.5.